The van der Waals surface area contributed by atoms with Crippen molar-refractivity contribution < 1.29 is 14.7 Å². The van der Waals surface area contributed by atoms with Crippen LogP contribution >= 0.6 is 0 Å². The van der Waals surface area contributed by atoms with Crippen molar-refractivity contribution in [1.29, 1.82) is 0 Å². The van der Waals surface area contributed by atoms with E-state index in [1.54, 1.807) is 11.8 Å². The molecule has 114 valence electrons. The second kappa shape index (κ2) is 6.02. The average molecular weight is 282 g/mol. The number of hydrogen-bond acceptors (Lipinski definition) is 2. The summed E-state index contributed by atoms with van der Waals surface area (Å²) in [5.41, 5.74) is -1.02. The van der Waals surface area contributed by atoms with Gasteiger partial charge in [-0.15, -0.1) is 0 Å². The molecule has 0 aromatic rings. The highest BCUT2D eigenvalue weighted by Crippen LogP contribution is 2.31. The van der Waals surface area contributed by atoms with E-state index in [-0.39, 0.29) is 6.03 Å². The summed E-state index contributed by atoms with van der Waals surface area (Å²) in [6.45, 7) is 5.98. The van der Waals surface area contributed by atoms with E-state index < -0.39 is 11.5 Å². The summed E-state index contributed by atoms with van der Waals surface area (Å²) < 4.78 is 0. The fourth-order valence-corrected chi connectivity index (χ4v) is 3.48. The first-order chi connectivity index (χ1) is 9.49. The van der Waals surface area contributed by atoms with Gasteiger partial charge in [0.2, 0.25) is 0 Å². The van der Waals surface area contributed by atoms with Gasteiger partial charge in [0.25, 0.3) is 0 Å². The third-order valence-corrected chi connectivity index (χ3v) is 4.91. The van der Waals surface area contributed by atoms with Crippen molar-refractivity contribution in [2.75, 3.05) is 19.6 Å². The number of amides is 2. The molecular formula is C15H26N2O3. The third-order valence-electron chi connectivity index (χ3n) is 4.91. The number of hydrogen-bond donors (Lipinski definition) is 1. The molecule has 0 saturated carbocycles. The Morgan fingerprint density at radius 1 is 1.25 bits per heavy atom. The summed E-state index contributed by atoms with van der Waals surface area (Å²) in [5.74, 6) is -0.155. The zero-order valence-electron chi connectivity index (χ0n) is 12.6. The SMILES string of the molecule is CCCC1CCN(C(=O)N2CCCC2(C)C(=O)O)CC1. The number of carbonyl (C=O) groups excluding carboxylic acids is 1. The minimum Gasteiger partial charge on any atom is -0.480 e. The van der Waals surface area contributed by atoms with Crippen molar-refractivity contribution in [3.05, 3.63) is 0 Å². The summed E-state index contributed by atoms with van der Waals surface area (Å²) in [6, 6.07) is -0.0812. The minimum absolute atomic E-state index is 0.0812. The molecule has 2 aliphatic rings. The number of aliphatic carboxylic acids is 1. The van der Waals surface area contributed by atoms with Gasteiger partial charge in [0.1, 0.15) is 5.54 Å². The molecule has 2 heterocycles. The Morgan fingerprint density at radius 2 is 1.90 bits per heavy atom. The molecule has 0 aromatic heterocycles. The Morgan fingerprint density at radius 3 is 2.45 bits per heavy atom. The van der Waals surface area contributed by atoms with Crippen LogP contribution in [-0.2, 0) is 4.79 Å². The van der Waals surface area contributed by atoms with Gasteiger partial charge in [-0.3, -0.25) is 0 Å². The first-order valence-electron chi connectivity index (χ1n) is 7.79. The first kappa shape index (κ1) is 15.1. The Bertz CT molecular complexity index is 377. The topological polar surface area (TPSA) is 60.9 Å². The maximum Gasteiger partial charge on any atom is 0.329 e. The molecule has 0 aromatic carbocycles. The number of nitrogens with zero attached hydrogens (tertiary/aromatic N) is 2. The predicted octanol–water partition coefficient (Wildman–Crippen LogP) is 2.56. The van der Waals surface area contributed by atoms with Gasteiger partial charge in [0.15, 0.2) is 0 Å². The molecule has 0 aliphatic carbocycles. The molecule has 2 rings (SSSR count). The molecule has 0 bridgehead atoms. The summed E-state index contributed by atoms with van der Waals surface area (Å²) in [6.07, 6.45) is 5.87. The van der Waals surface area contributed by atoms with Gasteiger partial charge in [-0.2, -0.15) is 0 Å². The van der Waals surface area contributed by atoms with Crippen LogP contribution in [0.4, 0.5) is 4.79 Å². The van der Waals surface area contributed by atoms with Crippen LogP contribution in [0.1, 0.15) is 52.4 Å². The van der Waals surface area contributed by atoms with E-state index in [9.17, 15) is 14.7 Å². The van der Waals surface area contributed by atoms with Crippen LogP contribution in [0.15, 0.2) is 0 Å². The average Bonchev–Trinajstić information content (AvgIpc) is 2.83. The van der Waals surface area contributed by atoms with Crippen molar-refractivity contribution in [1.82, 2.24) is 9.80 Å². The van der Waals surface area contributed by atoms with E-state index in [4.69, 9.17) is 0 Å². The van der Waals surface area contributed by atoms with Crippen LogP contribution in [0.2, 0.25) is 0 Å². The molecule has 2 amide bonds. The van der Waals surface area contributed by atoms with Gasteiger partial charge in [-0.05, 0) is 38.5 Å². The minimum atomic E-state index is -1.02. The zero-order chi connectivity index (χ0) is 14.8. The van der Waals surface area contributed by atoms with E-state index in [0.29, 0.717) is 13.0 Å². The smallest absolute Gasteiger partial charge is 0.329 e. The molecule has 1 unspecified atom stereocenters. The lowest BCUT2D eigenvalue weighted by Crippen LogP contribution is -2.56. The molecule has 0 spiro atoms. The highest BCUT2D eigenvalue weighted by Gasteiger charge is 2.47. The van der Waals surface area contributed by atoms with Gasteiger partial charge < -0.3 is 14.9 Å². The monoisotopic (exact) mass is 282 g/mol. The van der Waals surface area contributed by atoms with Gasteiger partial charge >= 0.3 is 12.0 Å². The van der Waals surface area contributed by atoms with E-state index in [1.807, 2.05) is 4.90 Å². The summed E-state index contributed by atoms with van der Waals surface area (Å²) in [4.78, 5) is 27.4. The quantitative estimate of drug-likeness (QED) is 0.865. The molecule has 5 nitrogen and oxygen atoms in total. The van der Waals surface area contributed by atoms with Crippen molar-refractivity contribution in [3.63, 3.8) is 0 Å². The second-order valence-electron chi connectivity index (χ2n) is 6.34. The Labute approximate surface area is 120 Å². The molecule has 0 radical (unpaired) electrons. The molecule has 2 fully saturated rings. The number of urea groups is 1. The number of rotatable bonds is 3. The first-order valence-corrected chi connectivity index (χ1v) is 7.79. The fraction of sp³-hybridized carbons (Fsp3) is 0.867. The van der Waals surface area contributed by atoms with Gasteiger partial charge in [0.05, 0.1) is 0 Å². The zero-order valence-corrected chi connectivity index (χ0v) is 12.6. The van der Waals surface area contributed by atoms with Crippen LogP contribution in [0.3, 0.4) is 0 Å². The lowest BCUT2D eigenvalue weighted by atomic mass is 9.92. The lowest BCUT2D eigenvalue weighted by molar-refractivity contribution is -0.147. The summed E-state index contributed by atoms with van der Waals surface area (Å²) >= 11 is 0. The summed E-state index contributed by atoms with van der Waals surface area (Å²) in [7, 11) is 0. The highest BCUT2D eigenvalue weighted by atomic mass is 16.4. The van der Waals surface area contributed by atoms with E-state index in [1.165, 1.54) is 12.8 Å². The van der Waals surface area contributed by atoms with Crippen molar-refractivity contribution >= 4 is 12.0 Å². The standard InChI is InChI=1S/C15H26N2O3/c1-3-5-12-6-10-16(11-7-12)14(20)17-9-4-8-15(17,2)13(18)19/h12H,3-11H2,1-2H3,(H,18,19). The second-order valence-corrected chi connectivity index (χ2v) is 6.34. The van der Waals surface area contributed by atoms with Crippen LogP contribution in [0, 0.1) is 5.92 Å². The molecule has 1 N–H and O–H groups in total. The number of piperidine rings is 1. The van der Waals surface area contributed by atoms with E-state index >= 15 is 0 Å². The maximum absolute atomic E-state index is 12.6. The van der Waals surface area contributed by atoms with Crippen LogP contribution in [0.5, 0.6) is 0 Å². The number of carbonyl (C=O) groups is 2. The summed E-state index contributed by atoms with van der Waals surface area (Å²) in [5, 5.41) is 9.39. The third kappa shape index (κ3) is 2.76. The molecule has 2 saturated heterocycles. The highest BCUT2D eigenvalue weighted by molar-refractivity contribution is 5.86. The normalized spacial score (nSPS) is 27.9. The maximum atomic E-state index is 12.6. The number of likely N-dealkylation sites (tertiary alicyclic amines) is 2. The van der Waals surface area contributed by atoms with Gasteiger partial charge in [-0.25, -0.2) is 9.59 Å². The fourth-order valence-electron chi connectivity index (χ4n) is 3.48. The van der Waals surface area contributed by atoms with Crippen LogP contribution in [-0.4, -0.2) is 52.1 Å². The lowest BCUT2D eigenvalue weighted by Gasteiger charge is -2.38. The molecule has 5 heteroatoms. The molecule has 2 aliphatic heterocycles. The Kier molecular flexibility index (Phi) is 4.55. The molecular weight excluding hydrogens is 256 g/mol. The Balaban J connectivity index is 1.97. The number of carboxylic acid groups (broad SMARTS) is 1. The largest absolute Gasteiger partial charge is 0.480 e. The molecule has 20 heavy (non-hydrogen) atoms. The van der Waals surface area contributed by atoms with Gasteiger partial charge in [0, 0.05) is 19.6 Å². The van der Waals surface area contributed by atoms with Gasteiger partial charge in [-0.1, -0.05) is 19.8 Å². The van der Waals surface area contributed by atoms with Crippen LogP contribution < -0.4 is 0 Å². The Hall–Kier alpha value is -1.26. The van der Waals surface area contributed by atoms with Crippen LogP contribution in [0.25, 0.3) is 0 Å². The number of carboxylic acids is 1. The van der Waals surface area contributed by atoms with E-state index in [0.717, 1.165) is 38.3 Å². The van der Waals surface area contributed by atoms with E-state index in [2.05, 4.69) is 6.92 Å². The molecule has 1 atom stereocenters. The van der Waals surface area contributed by atoms with Crippen molar-refractivity contribution in [2.45, 2.75) is 57.9 Å². The predicted molar refractivity (Wildman–Crippen MR) is 76.6 cm³/mol. The van der Waals surface area contributed by atoms with Crippen molar-refractivity contribution in [2.24, 2.45) is 5.92 Å². The van der Waals surface area contributed by atoms with Crippen molar-refractivity contribution in [3.8, 4) is 0 Å².